The highest BCUT2D eigenvalue weighted by Gasteiger charge is 2.25. The molecule has 4 nitrogen and oxygen atoms in total. The van der Waals surface area contributed by atoms with E-state index in [2.05, 4.69) is 6.07 Å². The summed E-state index contributed by atoms with van der Waals surface area (Å²) in [6, 6.07) is 24.4. The molecule has 1 aliphatic heterocycles. The highest BCUT2D eigenvalue weighted by atomic mass is 16.2. The predicted octanol–water partition coefficient (Wildman–Crippen LogP) is 4.17. The third-order valence-corrected chi connectivity index (χ3v) is 4.96. The quantitative estimate of drug-likeness (QED) is 0.707. The number of carbonyl (C=O) groups is 2. The van der Waals surface area contributed by atoms with Gasteiger partial charge in [-0.3, -0.25) is 9.59 Å². The van der Waals surface area contributed by atoms with Gasteiger partial charge in [-0.15, -0.1) is 0 Å². The maximum atomic E-state index is 12.9. The van der Waals surface area contributed by atoms with Gasteiger partial charge >= 0.3 is 0 Å². The highest BCUT2D eigenvalue weighted by molar-refractivity contribution is 6.09. The van der Waals surface area contributed by atoms with Gasteiger partial charge in [-0.25, -0.2) is 0 Å². The van der Waals surface area contributed by atoms with Crippen LogP contribution in [0.1, 0.15) is 26.3 Å². The minimum absolute atomic E-state index is 0.0321. The number of nitrogens with zero attached hydrogens (tertiary/aromatic N) is 2. The van der Waals surface area contributed by atoms with Crippen LogP contribution in [0, 0.1) is 0 Å². The largest absolute Gasteiger partial charge is 0.311 e. The Kier molecular flexibility index (Phi) is 4.47. The molecule has 4 heteroatoms. The van der Waals surface area contributed by atoms with Crippen molar-refractivity contribution in [1.82, 2.24) is 0 Å². The van der Waals surface area contributed by atoms with Crippen molar-refractivity contribution in [3.8, 4) is 0 Å². The Morgan fingerprint density at radius 1 is 0.815 bits per heavy atom. The van der Waals surface area contributed by atoms with E-state index in [9.17, 15) is 9.59 Å². The molecule has 0 atom stereocenters. The SMILES string of the molecule is CN(C(=O)c1ccc(C(=O)N2CCc3ccccc32)cc1)c1ccccc1. The topological polar surface area (TPSA) is 40.6 Å². The highest BCUT2D eigenvalue weighted by Crippen LogP contribution is 2.29. The molecular weight excluding hydrogens is 336 g/mol. The molecule has 27 heavy (non-hydrogen) atoms. The van der Waals surface area contributed by atoms with Crippen LogP contribution >= 0.6 is 0 Å². The molecule has 0 spiro atoms. The lowest BCUT2D eigenvalue weighted by Crippen LogP contribution is -2.29. The second kappa shape index (κ2) is 7.08. The molecule has 2 amide bonds. The van der Waals surface area contributed by atoms with Gasteiger partial charge in [-0.1, -0.05) is 36.4 Å². The van der Waals surface area contributed by atoms with Crippen LogP contribution in [0.4, 0.5) is 11.4 Å². The maximum Gasteiger partial charge on any atom is 0.258 e. The van der Waals surface area contributed by atoms with Crippen LogP contribution in [0.15, 0.2) is 78.9 Å². The van der Waals surface area contributed by atoms with E-state index < -0.39 is 0 Å². The summed E-state index contributed by atoms with van der Waals surface area (Å²) in [7, 11) is 1.75. The van der Waals surface area contributed by atoms with E-state index in [-0.39, 0.29) is 11.8 Å². The van der Waals surface area contributed by atoms with E-state index in [1.807, 2.05) is 53.4 Å². The lowest BCUT2D eigenvalue weighted by molar-refractivity contribution is 0.0979. The minimum Gasteiger partial charge on any atom is -0.311 e. The van der Waals surface area contributed by atoms with Crippen molar-refractivity contribution in [1.29, 1.82) is 0 Å². The summed E-state index contributed by atoms with van der Waals surface area (Å²) >= 11 is 0. The van der Waals surface area contributed by atoms with Crippen LogP contribution in [0.3, 0.4) is 0 Å². The number of carbonyl (C=O) groups excluding carboxylic acids is 2. The number of amides is 2. The molecular formula is C23H20N2O2. The zero-order valence-corrected chi connectivity index (χ0v) is 15.1. The van der Waals surface area contributed by atoms with Crippen LogP contribution in [0.2, 0.25) is 0 Å². The second-order valence-electron chi connectivity index (χ2n) is 6.61. The first-order chi connectivity index (χ1) is 13.1. The lowest BCUT2D eigenvalue weighted by atomic mass is 10.1. The van der Waals surface area contributed by atoms with Crippen molar-refractivity contribution in [2.24, 2.45) is 0 Å². The summed E-state index contributed by atoms with van der Waals surface area (Å²) in [5.41, 5.74) is 4.15. The minimum atomic E-state index is -0.105. The fourth-order valence-corrected chi connectivity index (χ4v) is 3.42. The number of anilines is 2. The molecule has 1 aliphatic rings. The van der Waals surface area contributed by atoms with Crippen LogP contribution in [-0.4, -0.2) is 25.4 Å². The lowest BCUT2D eigenvalue weighted by Gasteiger charge is -2.19. The van der Waals surface area contributed by atoms with Gasteiger partial charge in [0.25, 0.3) is 11.8 Å². The molecule has 0 fully saturated rings. The van der Waals surface area contributed by atoms with Crippen molar-refractivity contribution < 1.29 is 9.59 Å². The molecule has 134 valence electrons. The van der Waals surface area contributed by atoms with E-state index in [1.54, 1.807) is 36.2 Å². The third kappa shape index (κ3) is 3.22. The van der Waals surface area contributed by atoms with Crippen molar-refractivity contribution in [3.63, 3.8) is 0 Å². The van der Waals surface area contributed by atoms with Crippen molar-refractivity contribution in [2.45, 2.75) is 6.42 Å². The Morgan fingerprint density at radius 2 is 1.44 bits per heavy atom. The van der Waals surface area contributed by atoms with Gasteiger partial charge in [0.15, 0.2) is 0 Å². The summed E-state index contributed by atoms with van der Waals surface area (Å²) in [6.07, 6.45) is 0.875. The van der Waals surface area contributed by atoms with Crippen molar-refractivity contribution in [3.05, 3.63) is 95.6 Å². The summed E-state index contributed by atoms with van der Waals surface area (Å²) < 4.78 is 0. The van der Waals surface area contributed by atoms with Crippen LogP contribution in [-0.2, 0) is 6.42 Å². The zero-order valence-electron chi connectivity index (χ0n) is 15.1. The average molecular weight is 356 g/mol. The molecule has 0 radical (unpaired) electrons. The van der Waals surface area contributed by atoms with Crippen molar-refractivity contribution in [2.75, 3.05) is 23.4 Å². The fraction of sp³-hybridized carbons (Fsp3) is 0.130. The Hall–Kier alpha value is -3.40. The Bertz CT molecular complexity index is 981. The molecule has 0 bridgehead atoms. The van der Waals surface area contributed by atoms with E-state index in [1.165, 1.54) is 5.56 Å². The summed E-state index contributed by atoms with van der Waals surface area (Å²) in [5.74, 6) is -0.137. The first-order valence-electron chi connectivity index (χ1n) is 8.98. The number of hydrogen-bond donors (Lipinski definition) is 0. The first kappa shape index (κ1) is 17.0. The number of rotatable bonds is 3. The summed E-state index contributed by atoms with van der Waals surface area (Å²) in [6.45, 7) is 0.690. The molecule has 0 aliphatic carbocycles. The van der Waals surface area contributed by atoms with Gasteiger partial charge in [0, 0.05) is 36.1 Å². The number of hydrogen-bond acceptors (Lipinski definition) is 2. The molecule has 4 rings (SSSR count). The van der Waals surface area contributed by atoms with Gasteiger partial charge < -0.3 is 9.80 Å². The number of para-hydroxylation sites is 2. The fourth-order valence-electron chi connectivity index (χ4n) is 3.42. The molecule has 3 aromatic rings. The Balaban J connectivity index is 1.53. The monoisotopic (exact) mass is 356 g/mol. The van der Waals surface area contributed by atoms with E-state index in [0.29, 0.717) is 17.7 Å². The average Bonchev–Trinajstić information content (AvgIpc) is 3.17. The molecule has 0 aromatic heterocycles. The molecule has 1 heterocycles. The van der Waals surface area contributed by atoms with Gasteiger partial charge in [-0.2, -0.15) is 0 Å². The predicted molar refractivity (Wildman–Crippen MR) is 107 cm³/mol. The maximum absolute atomic E-state index is 12.9. The Morgan fingerprint density at radius 3 is 2.19 bits per heavy atom. The van der Waals surface area contributed by atoms with Crippen LogP contribution in [0.5, 0.6) is 0 Å². The van der Waals surface area contributed by atoms with E-state index in [0.717, 1.165) is 17.8 Å². The second-order valence-corrected chi connectivity index (χ2v) is 6.61. The number of benzene rings is 3. The normalized spacial score (nSPS) is 12.6. The molecule has 0 unspecified atom stereocenters. The standard InChI is InChI=1S/C23H20N2O2/c1-24(20-8-3-2-4-9-20)22(26)18-11-13-19(14-12-18)23(27)25-16-15-17-7-5-6-10-21(17)25/h2-14H,15-16H2,1H3. The van der Waals surface area contributed by atoms with E-state index >= 15 is 0 Å². The van der Waals surface area contributed by atoms with Gasteiger partial charge in [0.05, 0.1) is 0 Å². The molecule has 0 N–H and O–H groups in total. The van der Waals surface area contributed by atoms with Gasteiger partial charge in [0.1, 0.15) is 0 Å². The van der Waals surface area contributed by atoms with Gasteiger partial charge in [-0.05, 0) is 54.4 Å². The van der Waals surface area contributed by atoms with Gasteiger partial charge in [0.2, 0.25) is 0 Å². The third-order valence-electron chi connectivity index (χ3n) is 4.96. The van der Waals surface area contributed by atoms with E-state index in [4.69, 9.17) is 0 Å². The molecule has 0 saturated heterocycles. The van der Waals surface area contributed by atoms with Crippen LogP contribution in [0.25, 0.3) is 0 Å². The zero-order chi connectivity index (χ0) is 18.8. The molecule has 0 saturated carbocycles. The number of fused-ring (bicyclic) bond motifs is 1. The summed E-state index contributed by atoms with van der Waals surface area (Å²) in [5, 5.41) is 0. The smallest absolute Gasteiger partial charge is 0.258 e. The Labute approximate surface area is 158 Å². The summed E-state index contributed by atoms with van der Waals surface area (Å²) in [4.78, 5) is 29.0. The van der Waals surface area contributed by atoms with Crippen LogP contribution < -0.4 is 9.80 Å². The van der Waals surface area contributed by atoms with Crippen molar-refractivity contribution >= 4 is 23.2 Å². The first-order valence-corrected chi connectivity index (χ1v) is 8.98. The molecule has 3 aromatic carbocycles.